The van der Waals surface area contributed by atoms with Crippen molar-refractivity contribution in [3.63, 3.8) is 0 Å². The zero-order valence-corrected chi connectivity index (χ0v) is 24.7. The van der Waals surface area contributed by atoms with Crippen LogP contribution in [0.15, 0.2) is 29.2 Å². The van der Waals surface area contributed by atoms with Crippen LogP contribution < -0.4 is 10.1 Å². The van der Waals surface area contributed by atoms with E-state index in [9.17, 15) is 13.2 Å². The number of sulfonamides is 1. The molecular formula is C26H42N2O8PS+. The predicted molar refractivity (Wildman–Crippen MR) is 148 cm³/mol. The van der Waals surface area contributed by atoms with Gasteiger partial charge in [0, 0.05) is 33.0 Å². The number of nitrogens with zero attached hydrogens (tertiary/aromatic N) is 1. The maximum absolute atomic E-state index is 13.6. The third-order valence-corrected chi connectivity index (χ3v) is 9.50. The van der Waals surface area contributed by atoms with E-state index >= 15 is 0 Å². The van der Waals surface area contributed by atoms with Gasteiger partial charge in [-0.25, -0.2) is 13.2 Å². The molecule has 38 heavy (non-hydrogen) atoms. The van der Waals surface area contributed by atoms with Gasteiger partial charge in [-0.3, -0.25) is 0 Å². The van der Waals surface area contributed by atoms with Crippen LogP contribution in [0, 0.1) is 5.92 Å². The van der Waals surface area contributed by atoms with Gasteiger partial charge in [-0.2, -0.15) is 4.31 Å². The van der Waals surface area contributed by atoms with E-state index in [4.69, 9.17) is 23.7 Å². The number of alkyl carbamates (subject to hydrolysis) is 1. The fourth-order valence-corrected chi connectivity index (χ4v) is 7.45. The van der Waals surface area contributed by atoms with Crippen LogP contribution in [-0.2, 0) is 29.0 Å². The highest BCUT2D eigenvalue weighted by atomic mass is 32.2. The molecule has 2 fully saturated rings. The zero-order valence-electron chi connectivity index (χ0n) is 23.0. The van der Waals surface area contributed by atoms with Gasteiger partial charge in [0.05, 0.1) is 70.1 Å². The van der Waals surface area contributed by atoms with Gasteiger partial charge in [-0.05, 0) is 30.2 Å². The van der Waals surface area contributed by atoms with E-state index in [1.54, 1.807) is 12.1 Å². The number of methoxy groups -OCH3 is 2. The highest BCUT2D eigenvalue weighted by molar-refractivity contribution is 7.89. The van der Waals surface area contributed by atoms with Gasteiger partial charge in [0.1, 0.15) is 18.0 Å². The van der Waals surface area contributed by atoms with Crippen molar-refractivity contribution in [1.82, 2.24) is 9.62 Å². The Balaban J connectivity index is 1.73. The van der Waals surface area contributed by atoms with Gasteiger partial charge in [-0.1, -0.05) is 13.8 Å². The maximum Gasteiger partial charge on any atom is 0.407 e. The fourth-order valence-electron chi connectivity index (χ4n) is 4.83. The van der Waals surface area contributed by atoms with Gasteiger partial charge in [0.25, 0.3) is 0 Å². The van der Waals surface area contributed by atoms with Crippen molar-refractivity contribution in [2.45, 2.75) is 62.0 Å². The standard InChI is InChI=1S/C26H41N2O8PS/c1-18(2)15-28(38(30,31)21-9-7-19(32-3)8-10-21)16-25(33-4)22(17-37(5)6)27-26(29)36-20-13-23-24(14-20)35-12-11-34-23/h7-10,18,20,22-25H,5,11-17H2,1-4,6H3/p+1. The Morgan fingerprint density at radius 3 is 2.24 bits per heavy atom. The summed E-state index contributed by atoms with van der Waals surface area (Å²) in [4.78, 5) is 13.1. The zero-order chi connectivity index (χ0) is 27.9. The van der Waals surface area contributed by atoms with Gasteiger partial charge in [-0.15, -0.1) is 0 Å². The lowest BCUT2D eigenvalue weighted by atomic mass is 10.1. The molecule has 5 atom stereocenters. The molecule has 1 saturated heterocycles. The first kappa shape index (κ1) is 30.8. The van der Waals surface area contributed by atoms with Crippen molar-refractivity contribution in [3.8, 4) is 5.75 Å². The van der Waals surface area contributed by atoms with Crippen LogP contribution in [0.4, 0.5) is 4.79 Å². The first-order valence-electron chi connectivity index (χ1n) is 12.9. The molecule has 1 aromatic carbocycles. The summed E-state index contributed by atoms with van der Waals surface area (Å²) < 4.78 is 56.8. The molecule has 1 amide bonds. The number of fused-ring (bicyclic) bond motifs is 1. The fraction of sp³-hybridized carbons (Fsp3) is 0.692. The summed E-state index contributed by atoms with van der Waals surface area (Å²) in [6.07, 6.45) is 4.27. The molecule has 0 aromatic heterocycles. The van der Waals surface area contributed by atoms with E-state index in [0.717, 1.165) is 0 Å². The maximum atomic E-state index is 13.6. The minimum absolute atomic E-state index is 0.0554. The summed E-state index contributed by atoms with van der Waals surface area (Å²) in [6, 6.07) is 5.82. The molecule has 10 nitrogen and oxygen atoms in total. The Hall–Kier alpha value is -1.75. The molecule has 1 aliphatic carbocycles. The second-order valence-corrected chi connectivity index (χ2v) is 14.3. The number of hydrogen-bond acceptors (Lipinski definition) is 8. The summed E-state index contributed by atoms with van der Waals surface area (Å²) >= 11 is 0. The molecule has 0 radical (unpaired) electrons. The second kappa shape index (κ2) is 14.1. The van der Waals surface area contributed by atoms with Crippen LogP contribution >= 0.6 is 7.55 Å². The third kappa shape index (κ3) is 8.37. The molecule has 1 heterocycles. The van der Waals surface area contributed by atoms with Gasteiger partial charge in [0.15, 0.2) is 0 Å². The minimum Gasteiger partial charge on any atom is -0.497 e. The molecule has 1 saturated carbocycles. The Labute approximate surface area is 227 Å². The van der Waals surface area contributed by atoms with E-state index < -0.39 is 35.8 Å². The molecular weight excluding hydrogens is 531 g/mol. The van der Waals surface area contributed by atoms with Gasteiger partial charge < -0.3 is 29.0 Å². The van der Waals surface area contributed by atoms with Gasteiger partial charge in [0.2, 0.25) is 10.0 Å². The average Bonchev–Trinajstić information content (AvgIpc) is 3.27. The van der Waals surface area contributed by atoms with Crippen LogP contribution in [0.3, 0.4) is 0 Å². The molecule has 1 aliphatic heterocycles. The normalized spacial score (nSPS) is 23.6. The van der Waals surface area contributed by atoms with Crippen LogP contribution in [0.25, 0.3) is 0 Å². The monoisotopic (exact) mass is 573 g/mol. The van der Waals surface area contributed by atoms with Crippen molar-refractivity contribution in [2.24, 2.45) is 5.92 Å². The number of rotatable bonds is 13. The largest absolute Gasteiger partial charge is 0.497 e. The number of hydrogen-bond donors (Lipinski definition) is 1. The molecule has 214 valence electrons. The number of amides is 1. The molecule has 0 bridgehead atoms. The summed E-state index contributed by atoms with van der Waals surface area (Å²) in [7, 11) is -1.46. The summed E-state index contributed by atoms with van der Waals surface area (Å²) in [5, 5.41) is 2.94. The molecule has 1 aromatic rings. The number of nitrogens with one attached hydrogen (secondary N) is 1. The van der Waals surface area contributed by atoms with Crippen molar-refractivity contribution >= 4 is 30.0 Å². The lowest BCUT2D eigenvalue weighted by molar-refractivity contribution is -0.124. The summed E-state index contributed by atoms with van der Waals surface area (Å²) in [6.45, 7) is 7.37. The summed E-state index contributed by atoms with van der Waals surface area (Å²) in [5.41, 5.74) is 0. The first-order chi connectivity index (χ1) is 18.0. The van der Waals surface area contributed by atoms with E-state index in [0.29, 0.717) is 44.5 Å². The first-order valence-corrected chi connectivity index (χ1v) is 16.5. The highest BCUT2D eigenvalue weighted by Gasteiger charge is 2.40. The topological polar surface area (TPSA) is 113 Å². The number of benzene rings is 1. The Bertz CT molecular complexity index is 1020. The third-order valence-electron chi connectivity index (χ3n) is 6.64. The number of carbonyl (C=O) groups is 1. The minimum atomic E-state index is -3.83. The van der Waals surface area contributed by atoms with Crippen molar-refractivity contribution in [3.05, 3.63) is 24.3 Å². The lowest BCUT2D eigenvalue weighted by Crippen LogP contribution is -2.52. The van der Waals surface area contributed by atoms with Gasteiger partial charge >= 0.3 is 6.09 Å². The predicted octanol–water partition coefficient (Wildman–Crippen LogP) is 2.94. The second-order valence-electron chi connectivity index (χ2n) is 10.3. The van der Waals surface area contributed by atoms with Crippen molar-refractivity contribution in [1.29, 1.82) is 0 Å². The summed E-state index contributed by atoms with van der Waals surface area (Å²) in [5.74, 6) is 0.645. The molecule has 3 rings (SSSR count). The average molecular weight is 574 g/mol. The van der Waals surface area contributed by atoms with Crippen LogP contribution in [0.2, 0.25) is 0 Å². The van der Waals surface area contributed by atoms with E-state index in [-0.39, 0.29) is 35.7 Å². The highest BCUT2D eigenvalue weighted by Crippen LogP contribution is 2.30. The Kier molecular flexibility index (Phi) is 11.4. The van der Waals surface area contributed by atoms with Crippen molar-refractivity contribution in [2.75, 3.05) is 53.3 Å². The quantitative estimate of drug-likeness (QED) is 0.359. The molecule has 5 unspecified atom stereocenters. The van der Waals surface area contributed by atoms with E-state index in [1.807, 2.05) is 20.5 Å². The Morgan fingerprint density at radius 1 is 1.13 bits per heavy atom. The lowest BCUT2D eigenvalue weighted by Gasteiger charge is -2.31. The molecule has 2 aliphatic rings. The van der Waals surface area contributed by atoms with Crippen molar-refractivity contribution < 1.29 is 36.9 Å². The van der Waals surface area contributed by atoms with Crippen LogP contribution in [0.5, 0.6) is 5.75 Å². The van der Waals surface area contributed by atoms with Crippen LogP contribution in [-0.4, -0.2) is 109 Å². The molecule has 1 N–H and O–H groups in total. The van der Waals surface area contributed by atoms with E-state index in [1.165, 1.54) is 30.7 Å². The SMILES string of the molecule is C=[P+](C)CC(NC(=O)OC1CC2OCCOC2C1)C(CN(CC(C)C)S(=O)(=O)c1ccc(OC)cc1)OC. The molecule has 0 spiro atoms. The van der Waals surface area contributed by atoms with Crippen LogP contribution in [0.1, 0.15) is 26.7 Å². The smallest absolute Gasteiger partial charge is 0.407 e. The molecule has 12 heteroatoms. The number of ether oxygens (including phenoxy) is 5. The van der Waals surface area contributed by atoms with E-state index in [2.05, 4.69) is 11.6 Å². The Morgan fingerprint density at radius 2 is 1.74 bits per heavy atom. The number of carbonyl (C=O) groups excluding carboxylic acids is 1.